The molecule has 0 saturated heterocycles. The van der Waals surface area contributed by atoms with Crippen molar-refractivity contribution in [2.75, 3.05) is 14.2 Å². The number of rotatable bonds is 6. The minimum Gasteiger partial charge on any atom is -0.497 e. The van der Waals surface area contributed by atoms with Gasteiger partial charge in [-0.2, -0.15) is 0 Å². The van der Waals surface area contributed by atoms with Gasteiger partial charge in [0.1, 0.15) is 17.6 Å². The molecule has 108 valence electrons. The molecule has 0 aliphatic carbocycles. The number of hydrogen-bond donors (Lipinski definition) is 1. The Morgan fingerprint density at radius 2 is 1.85 bits per heavy atom. The van der Waals surface area contributed by atoms with Crippen LogP contribution in [-0.2, 0) is 6.42 Å². The fourth-order valence-corrected chi connectivity index (χ4v) is 2.68. The van der Waals surface area contributed by atoms with Crippen molar-refractivity contribution in [3.05, 3.63) is 34.3 Å². The van der Waals surface area contributed by atoms with Gasteiger partial charge in [0, 0.05) is 6.07 Å². The summed E-state index contributed by atoms with van der Waals surface area (Å²) in [6.45, 7) is 2.07. The van der Waals surface area contributed by atoms with Gasteiger partial charge in [0.05, 0.1) is 24.8 Å². The first-order valence-corrected chi connectivity index (χ1v) is 7.19. The molecule has 1 aromatic heterocycles. The van der Waals surface area contributed by atoms with Gasteiger partial charge in [-0.25, -0.2) is 0 Å². The van der Waals surface area contributed by atoms with Crippen molar-refractivity contribution in [2.24, 2.45) is 0 Å². The summed E-state index contributed by atoms with van der Waals surface area (Å²) in [5.74, 6) is 1.29. The summed E-state index contributed by atoms with van der Waals surface area (Å²) >= 11 is 1.23. The van der Waals surface area contributed by atoms with Gasteiger partial charge in [0.15, 0.2) is 0 Å². The van der Waals surface area contributed by atoms with E-state index in [0.29, 0.717) is 17.1 Å². The molecule has 1 atom stereocenters. The lowest BCUT2D eigenvalue weighted by molar-refractivity contribution is 0.221. The summed E-state index contributed by atoms with van der Waals surface area (Å²) < 4.78 is 14.4. The Morgan fingerprint density at radius 1 is 1.20 bits per heavy atom. The Kier molecular flexibility index (Phi) is 4.92. The molecule has 6 heteroatoms. The Bertz CT molecular complexity index is 549. The molecule has 1 N–H and O–H groups in total. The Morgan fingerprint density at radius 3 is 2.40 bits per heavy atom. The number of ether oxygens (including phenoxy) is 2. The second-order valence-corrected chi connectivity index (χ2v) is 5.17. The summed E-state index contributed by atoms with van der Waals surface area (Å²) in [5, 5.41) is 14.6. The largest absolute Gasteiger partial charge is 0.497 e. The van der Waals surface area contributed by atoms with Crippen molar-refractivity contribution in [1.29, 1.82) is 0 Å². The molecule has 0 radical (unpaired) electrons. The van der Waals surface area contributed by atoms with Crippen LogP contribution in [-0.4, -0.2) is 28.9 Å². The molecule has 0 aliphatic heterocycles. The van der Waals surface area contributed by atoms with Crippen molar-refractivity contribution in [3.8, 4) is 11.5 Å². The Balaban J connectivity index is 2.36. The van der Waals surface area contributed by atoms with Gasteiger partial charge in [-0.05, 0) is 35.6 Å². The zero-order valence-electron chi connectivity index (χ0n) is 11.8. The van der Waals surface area contributed by atoms with Crippen LogP contribution < -0.4 is 9.47 Å². The molecule has 2 aromatic rings. The zero-order valence-corrected chi connectivity index (χ0v) is 12.6. The molecule has 20 heavy (non-hydrogen) atoms. The Labute approximate surface area is 122 Å². The molecule has 0 aliphatic rings. The highest BCUT2D eigenvalue weighted by molar-refractivity contribution is 7.05. The number of aromatic nitrogens is 2. The summed E-state index contributed by atoms with van der Waals surface area (Å²) in [4.78, 5) is 0.780. The van der Waals surface area contributed by atoms with E-state index in [4.69, 9.17) is 9.47 Å². The number of methoxy groups -OCH3 is 2. The van der Waals surface area contributed by atoms with Crippen LogP contribution in [0.5, 0.6) is 11.5 Å². The van der Waals surface area contributed by atoms with Gasteiger partial charge in [0.25, 0.3) is 0 Å². The average molecular weight is 294 g/mol. The van der Waals surface area contributed by atoms with Crippen molar-refractivity contribution in [1.82, 2.24) is 9.59 Å². The lowest BCUT2D eigenvalue weighted by atomic mass is 10.0. The van der Waals surface area contributed by atoms with Gasteiger partial charge in [-0.15, -0.1) is 5.10 Å². The van der Waals surface area contributed by atoms with Crippen LogP contribution >= 0.6 is 11.5 Å². The molecule has 1 heterocycles. The van der Waals surface area contributed by atoms with Gasteiger partial charge >= 0.3 is 0 Å². The Hall–Kier alpha value is -1.66. The van der Waals surface area contributed by atoms with Crippen LogP contribution in [0.3, 0.4) is 0 Å². The van der Waals surface area contributed by atoms with Crippen LogP contribution in [0, 0.1) is 0 Å². The average Bonchev–Trinajstić information content (AvgIpc) is 2.94. The predicted octanol–water partition coefficient (Wildman–Crippen LogP) is 2.59. The number of aliphatic hydroxyl groups is 1. The summed E-state index contributed by atoms with van der Waals surface area (Å²) in [7, 11) is 3.17. The SMILES string of the molecule is CCCc1nnsc1C(O)c1cc(OC)cc(OC)c1. The highest BCUT2D eigenvalue weighted by Gasteiger charge is 2.19. The first-order chi connectivity index (χ1) is 9.69. The van der Waals surface area contributed by atoms with E-state index in [1.807, 2.05) is 0 Å². The summed E-state index contributed by atoms with van der Waals surface area (Å²) in [6.07, 6.45) is 1.01. The predicted molar refractivity (Wildman–Crippen MR) is 77.5 cm³/mol. The van der Waals surface area contributed by atoms with Crippen LogP contribution in [0.4, 0.5) is 0 Å². The number of aryl methyl sites for hydroxylation is 1. The van der Waals surface area contributed by atoms with Gasteiger partial charge < -0.3 is 14.6 Å². The normalized spacial score (nSPS) is 12.2. The zero-order chi connectivity index (χ0) is 14.5. The fourth-order valence-electron chi connectivity index (χ4n) is 1.97. The lowest BCUT2D eigenvalue weighted by Crippen LogP contribution is -2.02. The minimum absolute atomic E-state index is 0.646. The van der Waals surface area contributed by atoms with E-state index in [1.165, 1.54) is 11.5 Å². The van der Waals surface area contributed by atoms with Crippen molar-refractivity contribution >= 4 is 11.5 Å². The molecule has 0 bridgehead atoms. The summed E-state index contributed by atoms with van der Waals surface area (Å²) in [5.41, 5.74) is 1.57. The second kappa shape index (κ2) is 6.67. The van der Waals surface area contributed by atoms with Crippen molar-refractivity contribution < 1.29 is 14.6 Å². The minimum atomic E-state index is -0.763. The van der Waals surface area contributed by atoms with E-state index < -0.39 is 6.10 Å². The number of benzene rings is 1. The van der Waals surface area contributed by atoms with Crippen molar-refractivity contribution in [3.63, 3.8) is 0 Å². The quantitative estimate of drug-likeness (QED) is 0.887. The molecule has 0 spiro atoms. The first kappa shape index (κ1) is 14.7. The van der Waals surface area contributed by atoms with E-state index >= 15 is 0 Å². The number of aliphatic hydroxyl groups excluding tert-OH is 1. The monoisotopic (exact) mass is 294 g/mol. The number of hydrogen-bond acceptors (Lipinski definition) is 6. The van der Waals surface area contributed by atoms with Crippen LogP contribution in [0.25, 0.3) is 0 Å². The standard InChI is InChI=1S/C14H18N2O3S/c1-4-5-12-14(20-16-15-12)13(17)9-6-10(18-2)8-11(7-9)19-3/h6-8,13,17H,4-5H2,1-3H3. The third-order valence-electron chi connectivity index (χ3n) is 3.01. The maximum atomic E-state index is 10.5. The lowest BCUT2D eigenvalue weighted by Gasteiger charge is -2.13. The number of nitrogens with zero attached hydrogens (tertiary/aromatic N) is 2. The molecular formula is C14H18N2O3S. The maximum Gasteiger partial charge on any atom is 0.122 e. The maximum absolute atomic E-state index is 10.5. The van der Waals surface area contributed by atoms with E-state index in [0.717, 1.165) is 23.4 Å². The van der Waals surface area contributed by atoms with Gasteiger partial charge in [0.2, 0.25) is 0 Å². The van der Waals surface area contributed by atoms with Crippen molar-refractivity contribution in [2.45, 2.75) is 25.9 Å². The first-order valence-electron chi connectivity index (χ1n) is 6.41. The van der Waals surface area contributed by atoms with E-state index in [9.17, 15) is 5.11 Å². The van der Waals surface area contributed by atoms with E-state index in [1.54, 1.807) is 32.4 Å². The fraction of sp³-hybridized carbons (Fsp3) is 0.429. The highest BCUT2D eigenvalue weighted by Crippen LogP contribution is 2.32. The van der Waals surface area contributed by atoms with Crippen LogP contribution in [0.1, 0.15) is 35.6 Å². The van der Waals surface area contributed by atoms with Crippen LogP contribution in [0.15, 0.2) is 18.2 Å². The molecule has 0 fully saturated rings. The molecule has 2 rings (SSSR count). The van der Waals surface area contributed by atoms with E-state index in [-0.39, 0.29) is 0 Å². The van der Waals surface area contributed by atoms with Crippen LogP contribution in [0.2, 0.25) is 0 Å². The van der Waals surface area contributed by atoms with Gasteiger partial charge in [-0.3, -0.25) is 0 Å². The molecule has 0 saturated carbocycles. The topological polar surface area (TPSA) is 64.5 Å². The summed E-state index contributed by atoms with van der Waals surface area (Å²) in [6, 6.07) is 5.36. The second-order valence-electron chi connectivity index (χ2n) is 4.38. The molecule has 1 aromatic carbocycles. The molecule has 1 unspecified atom stereocenters. The highest BCUT2D eigenvalue weighted by atomic mass is 32.1. The molecular weight excluding hydrogens is 276 g/mol. The third kappa shape index (κ3) is 3.08. The molecule has 0 amide bonds. The molecule has 5 nitrogen and oxygen atoms in total. The van der Waals surface area contributed by atoms with Gasteiger partial charge in [-0.1, -0.05) is 17.8 Å². The smallest absolute Gasteiger partial charge is 0.122 e. The van der Waals surface area contributed by atoms with E-state index in [2.05, 4.69) is 16.5 Å². The third-order valence-corrected chi connectivity index (χ3v) is 3.83.